The highest BCUT2D eigenvalue weighted by Crippen LogP contribution is 2.45. The van der Waals surface area contributed by atoms with E-state index in [1.54, 1.807) is 0 Å². The maximum atomic E-state index is 6.59. The highest BCUT2D eigenvalue weighted by atomic mass is 16.5. The summed E-state index contributed by atoms with van der Waals surface area (Å²) < 4.78 is 6.59. The van der Waals surface area contributed by atoms with Crippen molar-refractivity contribution >= 4 is 0 Å². The fourth-order valence-corrected chi connectivity index (χ4v) is 3.95. The summed E-state index contributed by atoms with van der Waals surface area (Å²) in [5.74, 6) is 0.864. The molecule has 0 aromatic rings. The van der Waals surface area contributed by atoms with Gasteiger partial charge >= 0.3 is 0 Å². The molecule has 2 saturated carbocycles. The third-order valence-corrected chi connectivity index (χ3v) is 4.66. The minimum atomic E-state index is 0.210. The highest BCUT2D eigenvalue weighted by Gasteiger charge is 2.49. The molecule has 1 heterocycles. The van der Waals surface area contributed by atoms with Crippen molar-refractivity contribution in [1.29, 1.82) is 0 Å². The maximum Gasteiger partial charge on any atom is 0.0817 e. The number of hydrogen-bond donors (Lipinski definition) is 1. The molecule has 3 rings (SSSR count). The second-order valence-corrected chi connectivity index (χ2v) is 6.13. The Morgan fingerprint density at radius 1 is 1.07 bits per heavy atom. The highest BCUT2D eigenvalue weighted by molar-refractivity contribution is 5.01. The van der Waals surface area contributed by atoms with Crippen LogP contribution in [-0.2, 0) is 4.74 Å². The molecule has 0 aromatic heterocycles. The number of rotatable bonds is 0. The first kappa shape index (κ1) is 10.1. The van der Waals surface area contributed by atoms with Crippen LogP contribution in [0.1, 0.15) is 51.9 Å². The van der Waals surface area contributed by atoms with Crippen LogP contribution in [0.2, 0.25) is 0 Å². The van der Waals surface area contributed by atoms with Crippen molar-refractivity contribution in [2.75, 3.05) is 13.1 Å². The van der Waals surface area contributed by atoms with Gasteiger partial charge < -0.3 is 10.1 Å². The average molecular weight is 209 g/mol. The molecule has 1 saturated heterocycles. The SMILES string of the molecule is CC1CCC2(CNCC3(CCCC3)O2)C1. The molecule has 2 heteroatoms. The maximum absolute atomic E-state index is 6.59. The molecule has 3 aliphatic rings. The molecule has 3 fully saturated rings. The first-order valence-corrected chi connectivity index (χ1v) is 6.63. The molecule has 2 nitrogen and oxygen atoms in total. The molecule has 0 amide bonds. The van der Waals surface area contributed by atoms with Crippen LogP contribution in [0.5, 0.6) is 0 Å². The molecule has 2 unspecified atom stereocenters. The van der Waals surface area contributed by atoms with Crippen LogP contribution in [0.3, 0.4) is 0 Å². The summed E-state index contributed by atoms with van der Waals surface area (Å²) in [5.41, 5.74) is 0.435. The monoisotopic (exact) mass is 209 g/mol. The minimum Gasteiger partial charge on any atom is -0.366 e. The third-order valence-electron chi connectivity index (χ3n) is 4.66. The fraction of sp³-hybridized carbons (Fsp3) is 1.00. The van der Waals surface area contributed by atoms with E-state index >= 15 is 0 Å². The van der Waals surface area contributed by atoms with Gasteiger partial charge in [-0.1, -0.05) is 19.8 Å². The summed E-state index contributed by atoms with van der Waals surface area (Å²) in [5, 5.41) is 3.65. The molecule has 0 radical (unpaired) electrons. The van der Waals surface area contributed by atoms with Gasteiger partial charge in [0.05, 0.1) is 11.2 Å². The first-order valence-electron chi connectivity index (χ1n) is 6.63. The number of ether oxygens (including phenoxy) is 1. The second-order valence-electron chi connectivity index (χ2n) is 6.13. The van der Waals surface area contributed by atoms with E-state index in [4.69, 9.17) is 4.74 Å². The lowest BCUT2D eigenvalue weighted by molar-refractivity contribution is -0.173. The molecule has 1 aliphatic heterocycles. The largest absolute Gasteiger partial charge is 0.366 e. The Bertz CT molecular complexity index is 243. The predicted octanol–water partition coefficient (Wildman–Crippen LogP) is 2.48. The van der Waals surface area contributed by atoms with Crippen LogP contribution in [0.15, 0.2) is 0 Å². The van der Waals surface area contributed by atoms with Crippen LogP contribution in [0.25, 0.3) is 0 Å². The number of nitrogens with one attached hydrogen (secondary N) is 1. The summed E-state index contributed by atoms with van der Waals surface area (Å²) in [6, 6.07) is 0. The molecular formula is C13H23NO. The van der Waals surface area contributed by atoms with Crippen molar-refractivity contribution in [3.05, 3.63) is 0 Å². The molecular weight excluding hydrogens is 186 g/mol. The fourth-order valence-electron chi connectivity index (χ4n) is 3.95. The van der Waals surface area contributed by atoms with E-state index < -0.39 is 0 Å². The van der Waals surface area contributed by atoms with Gasteiger partial charge in [0.2, 0.25) is 0 Å². The van der Waals surface area contributed by atoms with Crippen molar-refractivity contribution in [2.24, 2.45) is 5.92 Å². The quantitative estimate of drug-likeness (QED) is 0.662. The summed E-state index contributed by atoms with van der Waals surface area (Å²) in [7, 11) is 0. The Morgan fingerprint density at radius 2 is 1.80 bits per heavy atom. The van der Waals surface area contributed by atoms with Gasteiger partial charge in [0.15, 0.2) is 0 Å². The Kier molecular flexibility index (Phi) is 2.33. The Hall–Kier alpha value is -0.0800. The van der Waals surface area contributed by atoms with Gasteiger partial charge in [-0.2, -0.15) is 0 Å². The Balaban J connectivity index is 1.76. The molecule has 2 spiro atoms. The van der Waals surface area contributed by atoms with Gasteiger partial charge in [-0.15, -0.1) is 0 Å². The zero-order chi connectivity index (χ0) is 10.4. The first-order chi connectivity index (χ1) is 7.22. The van der Waals surface area contributed by atoms with E-state index in [2.05, 4.69) is 12.2 Å². The van der Waals surface area contributed by atoms with E-state index in [0.29, 0.717) is 0 Å². The summed E-state index contributed by atoms with van der Waals surface area (Å²) in [6.45, 7) is 4.57. The van der Waals surface area contributed by atoms with Gasteiger partial charge in [0.1, 0.15) is 0 Å². The van der Waals surface area contributed by atoms with E-state index in [1.165, 1.54) is 44.9 Å². The van der Waals surface area contributed by atoms with Crippen molar-refractivity contribution in [3.63, 3.8) is 0 Å². The molecule has 2 atom stereocenters. The van der Waals surface area contributed by atoms with Crippen LogP contribution in [0.4, 0.5) is 0 Å². The smallest absolute Gasteiger partial charge is 0.0817 e. The second kappa shape index (κ2) is 3.46. The lowest BCUT2D eigenvalue weighted by Crippen LogP contribution is -2.58. The number of hydrogen-bond acceptors (Lipinski definition) is 2. The normalized spacial score (nSPS) is 44.2. The van der Waals surface area contributed by atoms with Crippen molar-refractivity contribution < 1.29 is 4.74 Å². The molecule has 2 aliphatic carbocycles. The van der Waals surface area contributed by atoms with Gasteiger partial charge in [-0.3, -0.25) is 0 Å². The zero-order valence-corrected chi connectivity index (χ0v) is 9.85. The predicted molar refractivity (Wildman–Crippen MR) is 60.9 cm³/mol. The molecule has 86 valence electrons. The minimum absolute atomic E-state index is 0.210. The molecule has 1 N–H and O–H groups in total. The van der Waals surface area contributed by atoms with Gasteiger partial charge in [-0.05, 0) is 38.0 Å². The van der Waals surface area contributed by atoms with E-state index in [-0.39, 0.29) is 11.2 Å². The van der Waals surface area contributed by atoms with Crippen LogP contribution in [-0.4, -0.2) is 24.3 Å². The lowest BCUT2D eigenvalue weighted by atomic mass is 9.92. The van der Waals surface area contributed by atoms with Crippen LogP contribution in [0, 0.1) is 5.92 Å². The van der Waals surface area contributed by atoms with Crippen LogP contribution < -0.4 is 5.32 Å². The van der Waals surface area contributed by atoms with Gasteiger partial charge in [-0.25, -0.2) is 0 Å². The standard InChI is InChI=1S/C13H23NO/c1-11-4-7-13(8-11)10-14-9-12(15-13)5-2-3-6-12/h11,14H,2-10H2,1H3. The summed E-state index contributed by atoms with van der Waals surface area (Å²) in [6.07, 6.45) is 9.23. The van der Waals surface area contributed by atoms with Crippen molar-refractivity contribution in [1.82, 2.24) is 5.32 Å². The van der Waals surface area contributed by atoms with E-state index in [0.717, 1.165) is 19.0 Å². The molecule has 0 bridgehead atoms. The average Bonchev–Trinajstić information content (AvgIpc) is 2.76. The zero-order valence-electron chi connectivity index (χ0n) is 9.85. The van der Waals surface area contributed by atoms with Gasteiger partial charge in [0.25, 0.3) is 0 Å². The van der Waals surface area contributed by atoms with E-state index in [9.17, 15) is 0 Å². The summed E-state index contributed by atoms with van der Waals surface area (Å²) in [4.78, 5) is 0. The van der Waals surface area contributed by atoms with Crippen LogP contribution >= 0.6 is 0 Å². The number of morpholine rings is 1. The molecule has 15 heavy (non-hydrogen) atoms. The van der Waals surface area contributed by atoms with Crippen molar-refractivity contribution in [3.8, 4) is 0 Å². The van der Waals surface area contributed by atoms with Crippen molar-refractivity contribution in [2.45, 2.75) is 63.1 Å². The Labute approximate surface area is 92.8 Å². The van der Waals surface area contributed by atoms with E-state index in [1.807, 2.05) is 0 Å². The topological polar surface area (TPSA) is 21.3 Å². The lowest BCUT2D eigenvalue weighted by Gasteiger charge is -2.46. The Morgan fingerprint density at radius 3 is 2.47 bits per heavy atom. The summed E-state index contributed by atoms with van der Waals surface area (Å²) >= 11 is 0. The van der Waals surface area contributed by atoms with Gasteiger partial charge in [0, 0.05) is 13.1 Å². The third kappa shape index (κ3) is 1.72. The molecule has 0 aromatic carbocycles.